The zero-order valence-corrected chi connectivity index (χ0v) is 13.4. The van der Waals surface area contributed by atoms with Crippen LogP contribution in [0, 0.1) is 18.8 Å². The minimum atomic E-state index is -3.55. The van der Waals surface area contributed by atoms with E-state index in [0.717, 1.165) is 17.9 Å². The third-order valence-corrected chi connectivity index (χ3v) is 4.69. The molecule has 1 aromatic rings. The van der Waals surface area contributed by atoms with Crippen molar-refractivity contribution in [3.8, 4) is 0 Å². The fourth-order valence-electron chi connectivity index (χ4n) is 2.00. The van der Waals surface area contributed by atoms with Gasteiger partial charge in [0.2, 0.25) is 0 Å². The SMILES string of the molecule is CCC1C=CC(CO)C1.Cc1ccc(S(=O)(=O)Cl)cc1. The van der Waals surface area contributed by atoms with E-state index in [1.807, 2.05) is 6.92 Å². The molecule has 0 saturated carbocycles. The molecule has 0 aromatic heterocycles. The van der Waals surface area contributed by atoms with E-state index in [1.165, 1.54) is 18.6 Å². The van der Waals surface area contributed by atoms with E-state index in [9.17, 15) is 8.42 Å². The molecule has 3 nitrogen and oxygen atoms in total. The number of aliphatic hydroxyl groups excluding tert-OH is 1. The smallest absolute Gasteiger partial charge is 0.261 e. The van der Waals surface area contributed by atoms with Crippen molar-refractivity contribution in [1.29, 1.82) is 0 Å². The summed E-state index contributed by atoms with van der Waals surface area (Å²) in [6, 6.07) is 6.37. The van der Waals surface area contributed by atoms with Crippen molar-refractivity contribution in [3.05, 3.63) is 42.0 Å². The lowest BCUT2D eigenvalue weighted by Gasteiger charge is -2.05. The third kappa shape index (κ3) is 5.65. The van der Waals surface area contributed by atoms with Gasteiger partial charge in [0, 0.05) is 23.2 Å². The molecule has 2 atom stereocenters. The van der Waals surface area contributed by atoms with Gasteiger partial charge in [-0.2, -0.15) is 0 Å². The molecular weight excluding hydrogens is 296 g/mol. The van der Waals surface area contributed by atoms with Crippen LogP contribution in [0.3, 0.4) is 0 Å². The van der Waals surface area contributed by atoms with Gasteiger partial charge in [-0.15, -0.1) is 0 Å². The lowest BCUT2D eigenvalue weighted by Crippen LogP contribution is -2.01. The second-order valence-electron chi connectivity index (χ2n) is 4.98. The maximum absolute atomic E-state index is 10.7. The highest BCUT2D eigenvalue weighted by atomic mass is 35.7. The number of hydrogen-bond acceptors (Lipinski definition) is 3. The van der Waals surface area contributed by atoms with Crippen LogP contribution in [0.4, 0.5) is 0 Å². The Kier molecular flexibility index (Phi) is 6.72. The molecule has 0 amide bonds. The summed E-state index contributed by atoms with van der Waals surface area (Å²) in [5, 5.41) is 8.73. The van der Waals surface area contributed by atoms with Crippen molar-refractivity contribution in [2.24, 2.45) is 11.8 Å². The Bertz CT molecular complexity index is 523. The van der Waals surface area contributed by atoms with Crippen molar-refractivity contribution in [3.63, 3.8) is 0 Å². The molecule has 2 unspecified atom stereocenters. The topological polar surface area (TPSA) is 54.4 Å². The predicted molar refractivity (Wildman–Crippen MR) is 82.3 cm³/mol. The van der Waals surface area contributed by atoms with Crippen LogP contribution in [0.15, 0.2) is 41.3 Å². The van der Waals surface area contributed by atoms with Crippen molar-refractivity contribution < 1.29 is 13.5 Å². The van der Waals surface area contributed by atoms with Crippen LogP contribution in [-0.2, 0) is 9.05 Å². The van der Waals surface area contributed by atoms with Crippen molar-refractivity contribution in [2.45, 2.75) is 31.6 Å². The van der Waals surface area contributed by atoms with Gasteiger partial charge in [0.25, 0.3) is 9.05 Å². The number of rotatable bonds is 3. The molecular formula is C15H21ClO3S. The molecule has 0 bridgehead atoms. The molecule has 0 saturated heterocycles. The predicted octanol–water partition coefficient (Wildman–Crippen LogP) is 3.50. The summed E-state index contributed by atoms with van der Waals surface area (Å²) in [6.45, 7) is 4.40. The van der Waals surface area contributed by atoms with Gasteiger partial charge in [-0.25, -0.2) is 8.42 Å². The van der Waals surface area contributed by atoms with Crippen LogP contribution in [0.2, 0.25) is 0 Å². The average Bonchev–Trinajstić information content (AvgIpc) is 2.87. The molecule has 1 N–H and O–H groups in total. The minimum absolute atomic E-state index is 0.143. The quantitative estimate of drug-likeness (QED) is 0.686. The molecule has 0 spiro atoms. The van der Waals surface area contributed by atoms with E-state index < -0.39 is 9.05 Å². The number of halogens is 1. The monoisotopic (exact) mass is 316 g/mol. The zero-order valence-electron chi connectivity index (χ0n) is 11.8. The van der Waals surface area contributed by atoms with Crippen molar-refractivity contribution in [2.75, 3.05) is 6.61 Å². The summed E-state index contributed by atoms with van der Waals surface area (Å²) < 4.78 is 21.4. The summed E-state index contributed by atoms with van der Waals surface area (Å²) in [4.78, 5) is 0.143. The number of aryl methyl sites for hydroxylation is 1. The van der Waals surface area contributed by atoms with Crippen LogP contribution in [0.25, 0.3) is 0 Å². The Hall–Kier alpha value is -0.840. The van der Waals surface area contributed by atoms with Crippen molar-refractivity contribution in [1.82, 2.24) is 0 Å². The molecule has 112 valence electrons. The number of hydrogen-bond donors (Lipinski definition) is 1. The van der Waals surface area contributed by atoms with Gasteiger partial charge in [-0.1, -0.05) is 36.8 Å². The average molecular weight is 317 g/mol. The highest BCUT2D eigenvalue weighted by Crippen LogP contribution is 2.24. The van der Waals surface area contributed by atoms with E-state index in [4.69, 9.17) is 15.8 Å². The molecule has 2 rings (SSSR count). The Balaban J connectivity index is 0.000000204. The summed E-state index contributed by atoms with van der Waals surface area (Å²) in [6.07, 6.45) is 6.73. The van der Waals surface area contributed by atoms with Gasteiger partial charge < -0.3 is 5.11 Å². The van der Waals surface area contributed by atoms with Gasteiger partial charge in [0.15, 0.2) is 0 Å². The van der Waals surface area contributed by atoms with Gasteiger partial charge in [-0.05, 0) is 37.8 Å². The van der Waals surface area contributed by atoms with Crippen molar-refractivity contribution >= 4 is 19.7 Å². The largest absolute Gasteiger partial charge is 0.396 e. The maximum Gasteiger partial charge on any atom is 0.261 e. The van der Waals surface area contributed by atoms with Crippen LogP contribution < -0.4 is 0 Å². The first kappa shape index (κ1) is 17.2. The standard InChI is InChI=1S/C8H14O.C7H7ClO2S/c1-2-7-3-4-8(5-7)6-9;1-6-2-4-7(5-3-6)11(8,9)10/h3-4,7-9H,2,5-6H2,1H3;2-5H,1H3. The summed E-state index contributed by atoms with van der Waals surface area (Å²) in [7, 11) is 1.54. The molecule has 0 radical (unpaired) electrons. The fraction of sp³-hybridized carbons (Fsp3) is 0.467. The normalized spacial score (nSPS) is 21.4. The molecule has 5 heteroatoms. The van der Waals surface area contributed by atoms with Gasteiger partial charge in [0.1, 0.15) is 0 Å². The third-order valence-electron chi connectivity index (χ3n) is 3.32. The second-order valence-corrected chi connectivity index (χ2v) is 7.55. The summed E-state index contributed by atoms with van der Waals surface area (Å²) in [5.41, 5.74) is 1.01. The van der Waals surface area contributed by atoms with E-state index in [1.54, 1.807) is 12.1 Å². The van der Waals surface area contributed by atoms with Crippen LogP contribution in [0.1, 0.15) is 25.3 Å². The lowest BCUT2D eigenvalue weighted by molar-refractivity contribution is 0.243. The Morgan fingerprint density at radius 1 is 1.20 bits per heavy atom. The van der Waals surface area contributed by atoms with E-state index in [2.05, 4.69) is 19.1 Å². The van der Waals surface area contributed by atoms with Gasteiger partial charge in [-0.3, -0.25) is 0 Å². The highest BCUT2D eigenvalue weighted by Gasteiger charge is 2.15. The first-order valence-electron chi connectivity index (χ1n) is 6.67. The molecule has 0 fully saturated rings. The second kappa shape index (κ2) is 7.81. The van der Waals surface area contributed by atoms with Crippen LogP contribution in [0.5, 0.6) is 0 Å². The number of benzene rings is 1. The van der Waals surface area contributed by atoms with Crippen LogP contribution in [-0.4, -0.2) is 20.1 Å². The van der Waals surface area contributed by atoms with Crippen LogP contribution >= 0.6 is 10.7 Å². The molecule has 1 aliphatic rings. The lowest BCUT2D eigenvalue weighted by atomic mass is 10.0. The Morgan fingerprint density at radius 2 is 1.75 bits per heavy atom. The maximum atomic E-state index is 10.7. The Labute approximate surface area is 125 Å². The zero-order chi connectivity index (χ0) is 15.2. The summed E-state index contributed by atoms with van der Waals surface area (Å²) >= 11 is 0. The van der Waals surface area contributed by atoms with Gasteiger partial charge >= 0.3 is 0 Å². The Morgan fingerprint density at radius 3 is 2.10 bits per heavy atom. The fourth-order valence-corrected chi connectivity index (χ4v) is 2.77. The van der Waals surface area contributed by atoms with Gasteiger partial charge in [0.05, 0.1) is 4.90 Å². The first-order valence-corrected chi connectivity index (χ1v) is 8.98. The molecule has 20 heavy (non-hydrogen) atoms. The summed E-state index contributed by atoms with van der Waals surface area (Å²) in [5.74, 6) is 1.19. The molecule has 1 aromatic carbocycles. The van der Waals surface area contributed by atoms with E-state index in [0.29, 0.717) is 12.5 Å². The first-order chi connectivity index (χ1) is 9.36. The molecule has 1 aliphatic carbocycles. The highest BCUT2D eigenvalue weighted by molar-refractivity contribution is 8.13. The number of aliphatic hydroxyl groups is 1. The molecule has 0 aliphatic heterocycles. The molecule has 0 heterocycles. The van der Waals surface area contributed by atoms with E-state index >= 15 is 0 Å². The number of allylic oxidation sites excluding steroid dienone is 1. The minimum Gasteiger partial charge on any atom is -0.396 e. The van der Waals surface area contributed by atoms with E-state index in [-0.39, 0.29) is 4.90 Å².